The first-order valence-corrected chi connectivity index (χ1v) is 8.85. The molecule has 1 amide bonds. The van der Waals surface area contributed by atoms with Crippen molar-refractivity contribution in [3.05, 3.63) is 60.9 Å². The number of nitrogens with one attached hydrogen (secondary N) is 1. The summed E-state index contributed by atoms with van der Waals surface area (Å²) in [6.07, 6.45) is 11.6. The second-order valence-electron chi connectivity index (χ2n) is 6.31. The molecule has 8 heteroatoms. The van der Waals surface area contributed by atoms with Crippen molar-refractivity contribution in [3.63, 3.8) is 0 Å². The third kappa shape index (κ3) is 4.05. The molecule has 1 saturated heterocycles. The van der Waals surface area contributed by atoms with Gasteiger partial charge >= 0.3 is 0 Å². The number of hydrogen-bond donors (Lipinski definition) is 1. The van der Waals surface area contributed by atoms with Crippen LogP contribution in [0.25, 0.3) is 11.5 Å². The molecule has 0 atom stereocenters. The van der Waals surface area contributed by atoms with Crippen LogP contribution < -0.4 is 10.2 Å². The van der Waals surface area contributed by atoms with E-state index < -0.39 is 0 Å². The van der Waals surface area contributed by atoms with Crippen LogP contribution in [-0.4, -0.2) is 50.0 Å². The lowest BCUT2D eigenvalue weighted by atomic mass is 10.0. The van der Waals surface area contributed by atoms with E-state index in [-0.39, 0.29) is 11.9 Å². The van der Waals surface area contributed by atoms with E-state index in [9.17, 15) is 4.79 Å². The fourth-order valence-corrected chi connectivity index (χ4v) is 3.05. The summed E-state index contributed by atoms with van der Waals surface area (Å²) < 4.78 is 0. The summed E-state index contributed by atoms with van der Waals surface area (Å²) in [6, 6.07) is 5.67. The molecule has 0 saturated carbocycles. The van der Waals surface area contributed by atoms with Crippen molar-refractivity contribution in [2.45, 2.75) is 18.9 Å². The van der Waals surface area contributed by atoms with Crippen LogP contribution in [-0.2, 0) is 0 Å². The van der Waals surface area contributed by atoms with Gasteiger partial charge < -0.3 is 10.2 Å². The maximum atomic E-state index is 12.5. The third-order valence-electron chi connectivity index (χ3n) is 4.51. The normalized spacial score (nSPS) is 14.7. The predicted octanol–water partition coefficient (Wildman–Crippen LogP) is 1.73. The Hall–Kier alpha value is -3.42. The van der Waals surface area contributed by atoms with Crippen LogP contribution in [0.2, 0.25) is 0 Å². The number of aromatic nitrogens is 5. The van der Waals surface area contributed by atoms with Crippen LogP contribution in [0.15, 0.2) is 55.4 Å². The summed E-state index contributed by atoms with van der Waals surface area (Å²) in [5.41, 5.74) is 1.13. The summed E-state index contributed by atoms with van der Waals surface area (Å²) in [5.74, 6) is 1.23. The molecule has 4 rings (SSSR count). The highest BCUT2D eigenvalue weighted by Crippen LogP contribution is 2.17. The van der Waals surface area contributed by atoms with E-state index in [1.807, 2.05) is 18.2 Å². The van der Waals surface area contributed by atoms with Gasteiger partial charge in [-0.1, -0.05) is 6.07 Å². The van der Waals surface area contributed by atoms with Crippen molar-refractivity contribution in [1.29, 1.82) is 0 Å². The van der Waals surface area contributed by atoms with Gasteiger partial charge in [0.2, 0.25) is 0 Å². The van der Waals surface area contributed by atoms with Gasteiger partial charge in [0.25, 0.3) is 5.91 Å². The van der Waals surface area contributed by atoms with Crippen molar-refractivity contribution in [1.82, 2.24) is 30.2 Å². The van der Waals surface area contributed by atoms with Crippen LogP contribution in [0.1, 0.15) is 23.2 Å². The number of nitrogens with zero attached hydrogens (tertiary/aromatic N) is 6. The molecule has 0 spiro atoms. The van der Waals surface area contributed by atoms with Crippen LogP contribution in [0.4, 0.5) is 5.82 Å². The summed E-state index contributed by atoms with van der Waals surface area (Å²) in [5, 5.41) is 3.07. The Bertz CT molecular complexity index is 879. The van der Waals surface area contributed by atoms with Crippen molar-refractivity contribution in [2.24, 2.45) is 0 Å². The molecule has 0 radical (unpaired) electrons. The molecular weight excluding hydrogens is 342 g/mol. The molecule has 3 aromatic heterocycles. The van der Waals surface area contributed by atoms with Crippen LogP contribution in [0.3, 0.4) is 0 Å². The maximum Gasteiger partial charge on any atom is 0.254 e. The Morgan fingerprint density at radius 2 is 1.78 bits per heavy atom. The van der Waals surface area contributed by atoms with Gasteiger partial charge in [-0.15, -0.1) is 0 Å². The first-order valence-electron chi connectivity index (χ1n) is 8.85. The zero-order chi connectivity index (χ0) is 18.5. The molecule has 0 unspecified atom stereocenters. The second kappa shape index (κ2) is 7.86. The minimum absolute atomic E-state index is 0.126. The molecule has 0 bridgehead atoms. The summed E-state index contributed by atoms with van der Waals surface area (Å²) >= 11 is 0. The fraction of sp³-hybridized carbons (Fsp3) is 0.263. The molecule has 0 aliphatic carbocycles. The average molecular weight is 361 g/mol. The smallest absolute Gasteiger partial charge is 0.254 e. The highest BCUT2D eigenvalue weighted by Gasteiger charge is 2.22. The highest BCUT2D eigenvalue weighted by molar-refractivity contribution is 5.93. The number of hydrogen-bond acceptors (Lipinski definition) is 7. The molecule has 3 aromatic rings. The first kappa shape index (κ1) is 17.0. The highest BCUT2D eigenvalue weighted by atomic mass is 16.1. The Morgan fingerprint density at radius 1 is 0.963 bits per heavy atom. The van der Waals surface area contributed by atoms with Gasteiger partial charge in [-0.25, -0.2) is 15.0 Å². The number of pyridine rings is 1. The van der Waals surface area contributed by atoms with E-state index >= 15 is 0 Å². The molecular formula is C19H19N7O. The largest absolute Gasteiger partial charge is 0.355 e. The molecule has 8 nitrogen and oxygen atoms in total. The Labute approximate surface area is 156 Å². The lowest BCUT2D eigenvalue weighted by Gasteiger charge is -2.32. The lowest BCUT2D eigenvalue weighted by molar-refractivity contribution is 0.0930. The fourth-order valence-electron chi connectivity index (χ4n) is 3.05. The van der Waals surface area contributed by atoms with E-state index in [1.54, 1.807) is 37.2 Å². The maximum absolute atomic E-state index is 12.5. The monoisotopic (exact) mass is 361 g/mol. The quantitative estimate of drug-likeness (QED) is 0.756. The van der Waals surface area contributed by atoms with E-state index in [4.69, 9.17) is 0 Å². The lowest BCUT2D eigenvalue weighted by Crippen LogP contribution is -2.45. The number of amides is 1. The zero-order valence-corrected chi connectivity index (χ0v) is 14.7. The summed E-state index contributed by atoms with van der Waals surface area (Å²) in [7, 11) is 0. The molecule has 136 valence electrons. The standard InChI is InChI=1S/C19H19N7O/c27-19(14-11-23-18(24-12-14)16-3-1-2-6-21-16)25-15-4-9-26(10-5-15)17-13-20-7-8-22-17/h1-3,6-8,11-13,15H,4-5,9-10H2,(H,25,27). The van der Waals surface area contributed by atoms with E-state index in [2.05, 4.69) is 35.1 Å². The minimum atomic E-state index is -0.152. The Morgan fingerprint density at radius 3 is 2.44 bits per heavy atom. The number of rotatable bonds is 4. The summed E-state index contributed by atoms with van der Waals surface area (Å²) in [6.45, 7) is 1.66. The van der Waals surface area contributed by atoms with Gasteiger partial charge in [-0.3, -0.25) is 14.8 Å². The number of anilines is 1. The third-order valence-corrected chi connectivity index (χ3v) is 4.51. The van der Waals surface area contributed by atoms with Crippen LogP contribution in [0.5, 0.6) is 0 Å². The molecule has 0 aromatic carbocycles. The van der Waals surface area contributed by atoms with Gasteiger partial charge in [0.15, 0.2) is 5.82 Å². The Balaban J connectivity index is 1.33. The van der Waals surface area contributed by atoms with Gasteiger partial charge in [-0.05, 0) is 25.0 Å². The number of carbonyl (C=O) groups excluding carboxylic acids is 1. The predicted molar refractivity (Wildman–Crippen MR) is 100.0 cm³/mol. The first-order chi connectivity index (χ1) is 13.3. The zero-order valence-electron chi connectivity index (χ0n) is 14.7. The van der Waals surface area contributed by atoms with E-state index in [0.29, 0.717) is 17.1 Å². The van der Waals surface area contributed by atoms with E-state index in [0.717, 1.165) is 31.7 Å². The number of carbonyl (C=O) groups is 1. The van der Waals surface area contributed by atoms with Crippen molar-refractivity contribution >= 4 is 11.7 Å². The molecule has 27 heavy (non-hydrogen) atoms. The molecule has 4 heterocycles. The van der Waals surface area contributed by atoms with Crippen molar-refractivity contribution in [2.75, 3.05) is 18.0 Å². The number of piperidine rings is 1. The van der Waals surface area contributed by atoms with Crippen molar-refractivity contribution in [3.8, 4) is 11.5 Å². The van der Waals surface area contributed by atoms with Gasteiger partial charge in [-0.2, -0.15) is 0 Å². The SMILES string of the molecule is O=C(NC1CCN(c2cnccn2)CC1)c1cnc(-c2ccccn2)nc1. The molecule has 1 N–H and O–H groups in total. The average Bonchev–Trinajstić information content (AvgIpc) is 2.76. The van der Waals surface area contributed by atoms with Crippen LogP contribution in [0, 0.1) is 0 Å². The molecule has 1 aliphatic heterocycles. The topological polar surface area (TPSA) is 96.8 Å². The van der Waals surface area contributed by atoms with Gasteiger partial charge in [0, 0.05) is 50.1 Å². The summed E-state index contributed by atoms with van der Waals surface area (Å²) in [4.78, 5) is 35.8. The second-order valence-corrected chi connectivity index (χ2v) is 6.31. The van der Waals surface area contributed by atoms with Gasteiger partial charge in [0.1, 0.15) is 11.5 Å². The minimum Gasteiger partial charge on any atom is -0.355 e. The molecule has 1 aliphatic rings. The van der Waals surface area contributed by atoms with E-state index in [1.165, 1.54) is 0 Å². The van der Waals surface area contributed by atoms with Crippen molar-refractivity contribution < 1.29 is 4.79 Å². The van der Waals surface area contributed by atoms with Crippen LogP contribution >= 0.6 is 0 Å². The molecule has 1 fully saturated rings. The van der Waals surface area contributed by atoms with Gasteiger partial charge in [0.05, 0.1) is 11.8 Å². The Kier molecular flexibility index (Phi) is 4.95.